The van der Waals surface area contributed by atoms with Gasteiger partial charge in [-0.25, -0.2) is 0 Å². The number of benzene rings is 1. The van der Waals surface area contributed by atoms with Crippen LogP contribution in [-0.4, -0.2) is 43.7 Å². The van der Waals surface area contributed by atoms with Gasteiger partial charge in [0.1, 0.15) is 12.4 Å². The van der Waals surface area contributed by atoms with E-state index in [2.05, 4.69) is 62.2 Å². The van der Waals surface area contributed by atoms with Gasteiger partial charge in [-0.3, -0.25) is 4.90 Å². The first kappa shape index (κ1) is 15.3. The lowest BCUT2D eigenvalue weighted by Crippen LogP contribution is -2.57. The molecule has 20 heavy (non-hydrogen) atoms. The van der Waals surface area contributed by atoms with Crippen LogP contribution in [0.15, 0.2) is 24.3 Å². The molecule has 3 nitrogen and oxygen atoms in total. The van der Waals surface area contributed by atoms with Crippen molar-refractivity contribution < 1.29 is 4.74 Å². The summed E-state index contributed by atoms with van der Waals surface area (Å²) in [7, 11) is 0. The predicted octanol–water partition coefficient (Wildman–Crippen LogP) is 2.66. The molecule has 0 atom stereocenters. The summed E-state index contributed by atoms with van der Waals surface area (Å²) in [6.07, 6.45) is 0. The van der Waals surface area contributed by atoms with Gasteiger partial charge >= 0.3 is 0 Å². The Morgan fingerprint density at radius 2 is 1.85 bits per heavy atom. The van der Waals surface area contributed by atoms with Crippen LogP contribution in [0.2, 0.25) is 0 Å². The molecule has 1 N–H and O–H groups in total. The molecule has 1 heterocycles. The maximum absolute atomic E-state index is 5.86. The largest absolute Gasteiger partial charge is 0.492 e. The first-order chi connectivity index (χ1) is 9.50. The van der Waals surface area contributed by atoms with Gasteiger partial charge in [0.25, 0.3) is 0 Å². The lowest BCUT2D eigenvalue weighted by atomic mass is 9.87. The van der Waals surface area contributed by atoms with E-state index < -0.39 is 0 Å². The lowest BCUT2D eigenvalue weighted by molar-refractivity contribution is 0.128. The van der Waals surface area contributed by atoms with Crippen LogP contribution in [0.25, 0.3) is 0 Å². The average Bonchev–Trinajstić information content (AvgIpc) is 2.35. The standard InChI is InChI=1S/C17H28N2O/c1-5-19(15-12-18-13-15)10-11-20-16-8-6-14(7-9-16)17(2,3)4/h6-9,15,18H,5,10-13H2,1-4H3. The highest BCUT2D eigenvalue weighted by molar-refractivity contribution is 5.31. The van der Waals surface area contributed by atoms with Crippen LogP contribution in [-0.2, 0) is 5.41 Å². The summed E-state index contributed by atoms with van der Waals surface area (Å²) >= 11 is 0. The Morgan fingerprint density at radius 1 is 1.20 bits per heavy atom. The van der Waals surface area contributed by atoms with Crippen molar-refractivity contribution in [1.29, 1.82) is 0 Å². The fraction of sp³-hybridized carbons (Fsp3) is 0.647. The summed E-state index contributed by atoms with van der Waals surface area (Å²) in [5.41, 5.74) is 1.55. The normalized spacial score (nSPS) is 16.2. The van der Waals surface area contributed by atoms with Gasteiger partial charge in [-0.05, 0) is 29.7 Å². The van der Waals surface area contributed by atoms with Gasteiger partial charge in [0.05, 0.1) is 0 Å². The molecular formula is C17H28N2O. The minimum absolute atomic E-state index is 0.203. The van der Waals surface area contributed by atoms with E-state index in [1.165, 1.54) is 5.56 Å². The van der Waals surface area contributed by atoms with E-state index >= 15 is 0 Å². The molecule has 1 aromatic carbocycles. The number of hydrogen-bond acceptors (Lipinski definition) is 3. The Balaban J connectivity index is 1.79. The Kier molecular flexibility index (Phi) is 5.06. The molecule has 0 bridgehead atoms. The average molecular weight is 276 g/mol. The van der Waals surface area contributed by atoms with E-state index in [1.807, 2.05) is 0 Å². The molecule has 112 valence electrons. The predicted molar refractivity (Wildman–Crippen MR) is 84.5 cm³/mol. The molecule has 0 saturated carbocycles. The molecule has 0 aliphatic carbocycles. The Bertz CT molecular complexity index is 404. The number of nitrogens with one attached hydrogen (secondary N) is 1. The first-order valence-electron chi connectivity index (χ1n) is 7.69. The van der Waals surface area contributed by atoms with E-state index in [0.29, 0.717) is 6.04 Å². The number of rotatable bonds is 6. The number of ether oxygens (including phenoxy) is 1. The van der Waals surface area contributed by atoms with Crippen molar-refractivity contribution in [2.45, 2.75) is 39.2 Å². The molecule has 0 aromatic heterocycles. The number of hydrogen-bond donors (Lipinski definition) is 1. The summed E-state index contributed by atoms with van der Waals surface area (Å²) in [6, 6.07) is 9.21. The summed E-state index contributed by atoms with van der Waals surface area (Å²) < 4.78 is 5.86. The monoisotopic (exact) mass is 276 g/mol. The topological polar surface area (TPSA) is 24.5 Å². The van der Waals surface area contributed by atoms with Crippen molar-refractivity contribution in [3.63, 3.8) is 0 Å². The van der Waals surface area contributed by atoms with Gasteiger partial charge in [-0.2, -0.15) is 0 Å². The van der Waals surface area contributed by atoms with Crippen LogP contribution in [0, 0.1) is 0 Å². The highest BCUT2D eigenvalue weighted by Gasteiger charge is 2.22. The third-order valence-electron chi connectivity index (χ3n) is 4.05. The molecule has 1 aromatic rings. The molecule has 0 spiro atoms. The van der Waals surface area contributed by atoms with E-state index in [0.717, 1.165) is 38.5 Å². The minimum atomic E-state index is 0.203. The lowest BCUT2D eigenvalue weighted by Gasteiger charge is -2.37. The molecule has 1 aliphatic heterocycles. The number of likely N-dealkylation sites (N-methyl/N-ethyl adjacent to an activating group) is 1. The fourth-order valence-electron chi connectivity index (χ4n) is 2.46. The van der Waals surface area contributed by atoms with Crippen molar-refractivity contribution in [2.24, 2.45) is 0 Å². The SMILES string of the molecule is CCN(CCOc1ccc(C(C)(C)C)cc1)C1CNC1. The van der Waals surface area contributed by atoms with Crippen molar-refractivity contribution in [2.75, 3.05) is 32.8 Å². The van der Waals surface area contributed by atoms with Crippen molar-refractivity contribution in [3.8, 4) is 5.75 Å². The molecule has 1 aliphatic rings. The summed E-state index contributed by atoms with van der Waals surface area (Å²) in [6.45, 7) is 14.0. The van der Waals surface area contributed by atoms with Crippen molar-refractivity contribution in [1.82, 2.24) is 10.2 Å². The zero-order valence-corrected chi connectivity index (χ0v) is 13.3. The van der Waals surface area contributed by atoms with Gasteiger partial charge < -0.3 is 10.1 Å². The molecule has 3 heteroatoms. The Morgan fingerprint density at radius 3 is 2.30 bits per heavy atom. The van der Waals surface area contributed by atoms with Gasteiger partial charge in [0.2, 0.25) is 0 Å². The van der Waals surface area contributed by atoms with Crippen molar-refractivity contribution >= 4 is 0 Å². The summed E-state index contributed by atoms with van der Waals surface area (Å²) in [5.74, 6) is 0.973. The second-order valence-corrected chi connectivity index (χ2v) is 6.56. The van der Waals surface area contributed by atoms with Crippen LogP contribution in [0.4, 0.5) is 0 Å². The smallest absolute Gasteiger partial charge is 0.119 e. The molecular weight excluding hydrogens is 248 g/mol. The van der Waals surface area contributed by atoms with Gasteiger partial charge in [0.15, 0.2) is 0 Å². The van der Waals surface area contributed by atoms with E-state index in [4.69, 9.17) is 4.74 Å². The van der Waals surface area contributed by atoms with Crippen molar-refractivity contribution in [3.05, 3.63) is 29.8 Å². The Hall–Kier alpha value is -1.06. The highest BCUT2D eigenvalue weighted by Crippen LogP contribution is 2.24. The maximum atomic E-state index is 5.86. The fourth-order valence-corrected chi connectivity index (χ4v) is 2.46. The molecule has 1 fully saturated rings. The zero-order valence-electron chi connectivity index (χ0n) is 13.3. The Labute approximate surface area is 123 Å². The molecule has 2 rings (SSSR count). The minimum Gasteiger partial charge on any atom is -0.492 e. The quantitative estimate of drug-likeness (QED) is 0.864. The van der Waals surface area contributed by atoms with Gasteiger partial charge in [-0.15, -0.1) is 0 Å². The summed E-state index contributed by atoms with van der Waals surface area (Å²) in [4.78, 5) is 2.49. The van der Waals surface area contributed by atoms with Crippen LogP contribution >= 0.6 is 0 Å². The van der Waals surface area contributed by atoms with Crippen LogP contribution in [0.3, 0.4) is 0 Å². The van der Waals surface area contributed by atoms with Crippen LogP contribution in [0.1, 0.15) is 33.3 Å². The molecule has 0 unspecified atom stereocenters. The third-order valence-corrected chi connectivity index (χ3v) is 4.05. The molecule has 0 radical (unpaired) electrons. The van der Waals surface area contributed by atoms with E-state index in [-0.39, 0.29) is 5.41 Å². The molecule has 1 saturated heterocycles. The van der Waals surface area contributed by atoms with Gasteiger partial charge in [0, 0.05) is 25.7 Å². The molecule has 0 amide bonds. The van der Waals surface area contributed by atoms with Crippen LogP contribution in [0.5, 0.6) is 5.75 Å². The second-order valence-electron chi connectivity index (χ2n) is 6.56. The zero-order chi connectivity index (χ0) is 14.6. The second kappa shape index (κ2) is 6.59. The first-order valence-corrected chi connectivity index (χ1v) is 7.69. The highest BCUT2D eigenvalue weighted by atomic mass is 16.5. The number of nitrogens with zero attached hydrogens (tertiary/aromatic N) is 1. The van der Waals surface area contributed by atoms with Gasteiger partial charge in [-0.1, -0.05) is 39.8 Å². The third kappa shape index (κ3) is 3.97. The summed E-state index contributed by atoms with van der Waals surface area (Å²) in [5, 5.41) is 3.32. The maximum Gasteiger partial charge on any atom is 0.119 e. The van der Waals surface area contributed by atoms with Crippen LogP contribution < -0.4 is 10.1 Å². The van der Waals surface area contributed by atoms with E-state index in [9.17, 15) is 0 Å². The van der Waals surface area contributed by atoms with E-state index in [1.54, 1.807) is 0 Å².